The maximum absolute atomic E-state index is 13.1. The van der Waals surface area contributed by atoms with Gasteiger partial charge in [-0.25, -0.2) is 13.8 Å². The minimum absolute atomic E-state index is 0.373. The van der Waals surface area contributed by atoms with Crippen molar-refractivity contribution in [3.63, 3.8) is 0 Å². The lowest BCUT2D eigenvalue weighted by molar-refractivity contribution is 0.510. The Morgan fingerprint density at radius 2 is 1.89 bits per heavy atom. The molecular weight excluding hydrogens is 238 g/mol. The normalized spacial score (nSPS) is 11.1. The van der Waals surface area contributed by atoms with Crippen molar-refractivity contribution < 1.29 is 8.78 Å². The molecule has 0 atom stereocenters. The van der Waals surface area contributed by atoms with Crippen LogP contribution in [0.5, 0.6) is 0 Å². The average molecular weight is 246 g/mol. The first-order valence-corrected chi connectivity index (χ1v) is 5.28. The first-order chi connectivity index (χ1) is 8.63. The predicted octanol–water partition coefficient (Wildman–Crippen LogP) is 2.61. The fourth-order valence-corrected chi connectivity index (χ4v) is 1.74. The molecule has 0 spiro atoms. The summed E-state index contributed by atoms with van der Waals surface area (Å²) in [7, 11) is 0. The van der Waals surface area contributed by atoms with Crippen molar-refractivity contribution >= 4 is 11.0 Å². The van der Waals surface area contributed by atoms with Gasteiger partial charge in [0.05, 0.1) is 22.9 Å². The molecule has 0 saturated heterocycles. The van der Waals surface area contributed by atoms with Crippen molar-refractivity contribution in [2.75, 3.05) is 0 Å². The van der Waals surface area contributed by atoms with Gasteiger partial charge in [0.2, 0.25) is 0 Å². The SMILES string of the molecule is Cc1cc(-c2nc3cc(F)c(F)cc3[nH]2)cnn1. The molecule has 0 fully saturated rings. The van der Waals surface area contributed by atoms with E-state index < -0.39 is 11.6 Å². The van der Waals surface area contributed by atoms with Gasteiger partial charge in [-0.05, 0) is 13.0 Å². The number of rotatable bonds is 1. The van der Waals surface area contributed by atoms with Crippen LogP contribution in [0, 0.1) is 18.6 Å². The number of halogens is 2. The number of aryl methyl sites for hydroxylation is 1. The number of benzene rings is 1. The monoisotopic (exact) mass is 246 g/mol. The molecule has 2 heterocycles. The van der Waals surface area contributed by atoms with Crippen molar-refractivity contribution in [1.29, 1.82) is 0 Å². The lowest BCUT2D eigenvalue weighted by Crippen LogP contribution is -1.88. The fourth-order valence-electron chi connectivity index (χ4n) is 1.74. The Hall–Kier alpha value is -2.37. The van der Waals surface area contributed by atoms with Crippen LogP contribution in [0.25, 0.3) is 22.4 Å². The molecule has 1 N–H and O–H groups in total. The summed E-state index contributed by atoms with van der Waals surface area (Å²) in [5.74, 6) is -1.31. The minimum atomic E-state index is -0.912. The Kier molecular flexibility index (Phi) is 2.29. The summed E-state index contributed by atoms with van der Waals surface area (Å²) in [5.41, 5.74) is 2.28. The van der Waals surface area contributed by atoms with E-state index in [2.05, 4.69) is 20.2 Å². The third-order valence-electron chi connectivity index (χ3n) is 2.57. The number of fused-ring (bicyclic) bond motifs is 1. The second kappa shape index (κ2) is 3.83. The van der Waals surface area contributed by atoms with Crippen molar-refractivity contribution in [3.8, 4) is 11.4 Å². The lowest BCUT2D eigenvalue weighted by Gasteiger charge is -1.95. The van der Waals surface area contributed by atoms with Gasteiger partial charge in [-0.2, -0.15) is 10.2 Å². The molecule has 4 nitrogen and oxygen atoms in total. The Morgan fingerprint density at radius 1 is 1.11 bits per heavy atom. The number of imidazole rings is 1. The number of aromatic amines is 1. The van der Waals surface area contributed by atoms with Crippen LogP contribution in [0.2, 0.25) is 0 Å². The topological polar surface area (TPSA) is 54.5 Å². The van der Waals surface area contributed by atoms with Crippen LogP contribution in [-0.4, -0.2) is 20.2 Å². The zero-order valence-corrected chi connectivity index (χ0v) is 9.41. The Morgan fingerprint density at radius 3 is 2.67 bits per heavy atom. The zero-order valence-electron chi connectivity index (χ0n) is 9.41. The highest BCUT2D eigenvalue weighted by Crippen LogP contribution is 2.21. The van der Waals surface area contributed by atoms with E-state index in [1.807, 2.05) is 0 Å². The van der Waals surface area contributed by atoms with E-state index in [0.717, 1.165) is 23.4 Å². The quantitative estimate of drug-likeness (QED) is 0.718. The Balaban J connectivity index is 2.19. The number of hydrogen-bond donors (Lipinski definition) is 1. The summed E-state index contributed by atoms with van der Waals surface area (Å²) in [6, 6.07) is 3.94. The molecular formula is C12H8F2N4. The van der Waals surface area contributed by atoms with Gasteiger partial charge in [0.25, 0.3) is 0 Å². The molecule has 18 heavy (non-hydrogen) atoms. The van der Waals surface area contributed by atoms with Gasteiger partial charge in [-0.1, -0.05) is 0 Å². The molecule has 3 rings (SSSR count). The smallest absolute Gasteiger partial charge is 0.161 e. The predicted molar refractivity (Wildman–Crippen MR) is 61.8 cm³/mol. The summed E-state index contributed by atoms with van der Waals surface area (Å²) < 4.78 is 26.2. The number of H-pyrrole nitrogens is 1. The van der Waals surface area contributed by atoms with Gasteiger partial charge < -0.3 is 4.98 Å². The highest BCUT2D eigenvalue weighted by Gasteiger charge is 2.10. The third kappa shape index (κ3) is 1.71. The van der Waals surface area contributed by atoms with Crippen LogP contribution in [0.3, 0.4) is 0 Å². The molecule has 0 radical (unpaired) electrons. The molecule has 1 aromatic carbocycles. The van der Waals surface area contributed by atoms with E-state index in [9.17, 15) is 8.78 Å². The standard InChI is InChI=1S/C12H8F2N4/c1-6-2-7(5-15-18-6)12-16-10-3-8(13)9(14)4-11(10)17-12/h2-5H,1H3,(H,16,17). The molecule has 0 amide bonds. The Labute approximate surface area is 101 Å². The number of hydrogen-bond acceptors (Lipinski definition) is 3. The third-order valence-corrected chi connectivity index (χ3v) is 2.57. The number of nitrogens with zero attached hydrogens (tertiary/aromatic N) is 3. The molecule has 0 aliphatic rings. The van der Waals surface area contributed by atoms with Crippen molar-refractivity contribution in [2.24, 2.45) is 0 Å². The first kappa shape index (κ1) is 10.8. The molecule has 90 valence electrons. The summed E-state index contributed by atoms with van der Waals surface area (Å²) >= 11 is 0. The molecule has 0 aliphatic carbocycles. The van der Waals surface area contributed by atoms with Crippen LogP contribution in [0.15, 0.2) is 24.4 Å². The van der Waals surface area contributed by atoms with E-state index >= 15 is 0 Å². The highest BCUT2D eigenvalue weighted by atomic mass is 19.2. The van der Waals surface area contributed by atoms with Crippen molar-refractivity contribution in [3.05, 3.63) is 41.7 Å². The van der Waals surface area contributed by atoms with Crippen molar-refractivity contribution in [2.45, 2.75) is 6.92 Å². The van der Waals surface area contributed by atoms with Gasteiger partial charge in [0, 0.05) is 17.7 Å². The molecule has 6 heteroatoms. The summed E-state index contributed by atoms with van der Waals surface area (Å²) in [6.07, 6.45) is 1.54. The van der Waals surface area contributed by atoms with Gasteiger partial charge >= 0.3 is 0 Å². The van der Waals surface area contributed by atoms with Crippen LogP contribution < -0.4 is 0 Å². The molecule has 0 aliphatic heterocycles. The lowest BCUT2D eigenvalue weighted by atomic mass is 10.2. The van der Waals surface area contributed by atoms with Crippen LogP contribution in [-0.2, 0) is 0 Å². The van der Waals surface area contributed by atoms with Crippen molar-refractivity contribution in [1.82, 2.24) is 20.2 Å². The second-order valence-electron chi connectivity index (χ2n) is 3.95. The van der Waals surface area contributed by atoms with E-state index in [-0.39, 0.29) is 0 Å². The second-order valence-corrected chi connectivity index (χ2v) is 3.95. The number of aromatic nitrogens is 4. The highest BCUT2D eigenvalue weighted by molar-refractivity contribution is 5.79. The summed E-state index contributed by atoms with van der Waals surface area (Å²) in [6.45, 7) is 1.80. The zero-order chi connectivity index (χ0) is 12.7. The maximum Gasteiger partial charge on any atom is 0.161 e. The van der Waals surface area contributed by atoms with E-state index in [0.29, 0.717) is 16.9 Å². The molecule has 0 saturated carbocycles. The first-order valence-electron chi connectivity index (χ1n) is 5.28. The van der Waals surface area contributed by atoms with Gasteiger partial charge in [0.15, 0.2) is 11.6 Å². The van der Waals surface area contributed by atoms with Gasteiger partial charge in [-0.3, -0.25) is 0 Å². The summed E-state index contributed by atoms with van der Waals surface area (Å²) in [4.78, 5) is 7.12. The van der Waals surface area contributed by atoms with Gasteiger partial charge in [0.1, 0.15) is 5.82 Å². The minimum Gasteiger partial charge on any atom is -0.338 e. The Bertz CT molecular complexity index is 697. The van der Waals surface area contributed by atoms with E-state index in [4.69, 9.17) is 0 Å². The summed E-state index contributed by atoms with van der Waals surface area (Å²) in [5, 5.41) is 7.64. The molecule has 0 bridgehead atoms. The van der Waals surface area contributed by atoms with E-state index in [1.165, 1.54) is 6.20 Å². The fraction of sp³-hybridized carbons (Fsp3) is 0.0833. The number of nitrogens with one attached hydrogen (secondary N) is 1. The van der Waals surface area contributed by atoms with Crippen LogP contribution >= 0.6 is 0 Å². The largest absolute Gasteiger partial charge is 0.338 e. The molecule has 3 aromatic rings. The van der Waals surface area contributed by atoms with Crippen LogP contribution in [0.4, 0.5) is 8.78 Å². The average Bonchev–Trinajstić information content (AvgIpc) is 2.73. The van der Waals surface area contributed by atoms with Gasteiger partial charge in [-0.15, -0.1) is 0 Å². The van der Waals surface area contributed by atoms with E-state index in [1.54, 1.807) is 13.0 Å². The molecule has 0 unspecified atom stereocenters. The maximum atomic E-state index is 13.1. The van der Waals surface area contributed by atoms with Crippen LogP contribution in [0.1, 0.15) is 5.69 Å². The molecule has 2 aromatic heterocycles.